The van der Waals surface area contributed by atoms with Gasteiger partial charge < -0.3 is 9.42 Å². The molecule has 0 saturated carbocycles. The van der Waals surface area contributed by atoms with Gasteiger partial charge in [-0.2, -0.15) is 4.98 Å². The van der Waals surface area contributed by atoms with Gasteiger partial charge in [0.1, 0.15) is 11.0 Å². The molecule has 0 unspecified atom stereocenters. The van der Waals surface area contributed by atoms with Crippen LogP contribution >= 0.6 is 0 Å². The van der Waals surface area contributed by atoms with Gasteiger partial charge in [-0.05, 0) is 19.8 Å². The molecule has 1 aromatic rings. The molecule has 1 saturated heterocycles. The van der Waals surface area contributed by atoms with E-state index >= 15 is 0 Å². The van der Waals surface area contributed by atoms with Crippen molar-refractivity contribution in [3.05, 3.63) is 11.7 Å². The summed E-state index contributed by atoms with van der Waals surface area (Å²) in [6.07, 6.45) is 4.39. The Morgan fingerprint density at radius 1 is 1.26 bits per heavy atom. The molecular formula is C16H27N3O3S. The fourth-order valence-electron chi connectivity index (χ4n) is 2.53. The summed E-state index contributed by atoms with van der Waals surface area (Å²) in [7, 11) is -1.35. The summed E-state index contributed by atoms with van der Waals surface area (Å²) in [6, 6.07) is 0. The largest absolute Gasteiger partial charge is 0.342 e. The molecule has 130 valence electrons. The third-order valence-corrected chi connectivity index (χ3v) is 5.59. The number of carbonyl (C=O) groups excluding carboxylic acids is 1. The quantitative estimate of drug-likeness (QED) is 0.840. The Bertz CT molecular complexity index is 557. The third kappa shape index (κ3) is 4.86. The van der Waals surface area contributed by atoms with E-state index in [0.717, 1.165) is 25.9 Å². The fraction of sp³-hybridized carbons (Fsp3) is 0.812. The average molecular weight is 341 g/mol. The minimum atomic E-state index is -1.35. The Kier molecular flexibility index (Phi) is 5.95. The Labute approximate surface area is 140 Å². The molecule has 2 rings (SSSR count). The summed E-state index contributed by atoms with van der Waals surface area (Å²) in [5, 5.41) is 3.39. The maximum absolute atomic E-state index is 12.5. The number of amides is 1. The SMILES string of the molecule is C[C@@H](C(=O)N1CCCCCC1)[S@](=O)Cc1nc(C(C)(C)C)no1. The van der Waals surface area contributed by atoms with Gasteiger partial charge in [0.25, 0.3) is 0 Å². The zero-order valence-corrected chi connectivity index (χ0v) is 15.3. The zero-order valence-electron chi connectivity index (χ0n) is 14.5. The van der Waals surface area contributed by atoms with E-state index in [4.69, 9.17) is 4.52 Å². The highest BCUT2D eigenvalue weighted by Gasteiger charge is 2.28. The summed E-state index contributed by atoms with van der Waals surface area (Å²) < 4.78 is 17.7. The topological polar surface area (TPSA) is 76.3 Å². The van der Waals surface area contributed by atoms with Gasteiger partial charge in [-0.1, -0.05) is 38.8 Å². The summed E-state index contributed by atoms with van der Waals surface area (Å²) in [5.74, 6) is 1.03. The molecule has 0 spiro atoms. The summed E-state index contributed by atoms with van der Waals surface area (Å²) in [5.41, 5.74) is -0.212. The van der Waals surface area contributed by atoms with Crippen molar-refractivity contribution in [2.24, 2.45) is 0 Å². The van der Waals surface area contributed by atoms with Gasteiger partial charge in [-0.15, -0.1) is 0 Å². The second kappa shape index (κ2) is 7.55. The van der Waals surface area contributed by atoms with Crippen molar-refractivity contribution in [3.63, 3.8) is 0 Å². The lowest BCUT2D eigenvalue weighted by atomic mass is 9.96. The second-order valence-electron chi connectivity index (χ2n) is 7.17. The van der Waals surface area contributed by atoms with Crippen LogP contribution in [-0.2, 0) is 26.8 Å². The first-order valence-corrected chi connectivity index (χ1v) is 9.66. The number of rotatable bonds is 4. The maximum atomic E-state index is 12.5. The number of nitrogens with zero attached hydrogens (tertiary/aromatic N) is 3. The van der Waals surface area contributed by atoms with Crippen molar-refractivity contribution in [2.75, 3.05) is 13.1 Å². The first kappa shape index (κ1) is 18.1. The second-order valence-corrected chi connectivity index (χ2v) is 8.93. The van der Waals surface area contributed by atoms with Gasteiger partial charge >= 0.3 is 0 Å². The molecule has 1 amide bonds. The van der Waals surface area contributed by atoms with Crippen LogP contribution in [0.2, 0.25) is 0 Å². The van der Waals surface area contributed by atoms with E-state index in [1.54, 1.807) is 6.92 Å². The zero-order chi connectivity index (χ0) is 17.0. The van der Waals surface area contributed by atoms with Gasteiger partial charge in [-0.25, -0.2) is 0 Å². The van der Waals surface area contributed by atoms with Crippen molar-refractivity contribution in [2.45, 2.75) is 69.8 Å². The smallest absolute Gasteiger partial charge is 0.239 e. The Morgan fingerprint density at radius 3 is 2.39 bits per heavy atom. The van der Waals surface area contributed by atoms with E-state index in [1.807, 2.05) is 25.7 Å². The van der Waals surface area contributed by atoms with Crippen LogP contribution in [0.5, 0.6) is 0 Å². The van der Waals surface area contributed by atoms with Gasteiger partial charge in [0.15, 0.2) is 5.82 Å². The van der Waals surface area contributed by atoms with E-state index in [2.05, 4.69) is 10.1 Å². The Hall–Kier alpha value is -1.24. The van der Waals surface area contributed by atoms with Gasteiger partial charge in [-0.3, -0.25) is 9.00 Å². The maximum Gasteiger partial charge on any atom is 0.239 e. The first-order valence-electron chi connectivity index (χ1n) is 8.28. The standard InChI is InChI=1S/C16H27N3O3S/c1-12(14(20)19-9-7-5-6-8-10-19)23(21)11-13-17-15(18-22-13)16(2,3)4/h12H,5-11H2,1-4H3/t12-,23+/m0/s1. The number of hydrogen-bond acceptors (Lipinski definition) is 5. The summed E-state index contributed by atoms with van der Waals surface area (Å²) in [4.78, 5) is 18.7. The molecular weight excluding hydrogens is 314 g/mol. The van der Waals surface area contributed by atoms with E-state index in [0.29, 0.717) is 11.7 Å². The summed E-state index contributed by atoms with van der Waals surface area (Å²) in [6.45, 7) is 9.24. The van der Waals surface area contributed by atoms with E-state index in [1.165, 1.54) is 12.8 Å². The van der Waals surface area contributed by atoms with E-state index in [-0.39, 0.29) is 17.1 Å². The van der Waals surface area contributed by atoms with Crippen molar-refractivity contribution in [3.8, 4) is 0 Å². The predicted octanol–water partition coefficient (Wildman–Crippen LogP) is 2.41. The number of likely N-dealkylation sites (tertiary alicyclic amines) is 1. The van der Waals surface area contributed by atoms with Crippen LogP contribution in [0.25, 0.3) is 0 Å². The minimum Gasteiger partial charge on any atom is -0.342 e. The van der Waals surface area contributed by atoms with Crippen LogP contribution in [0.15, 0.2) is 4.52 Å². The van der Waals surface area contributed by atoms with E-state index < -0.39 is 16.0 Å². The van der Waals surface area contributed by atoms with Gasteiger partial charge in [0.2, 0.25) is 11.8 Å². The van der Waals surface area contributed by atoms with Crippen LogP contribution in [0, 0.1) is 0 Å². The molecule has 0 radical (unpaired) electrons. The molecule has 1 aromatic heterocycles. The Balaban J connectivity index is 1.96. The fourth-order valence-corrected chi connectivity index (χ4v) is 3.51. The van der Waals surface area contributed by atoms with Crippen LogP contribution in [0.4, 0.5) is 0 Å². The molecule has 1 fully saturated rings. The Morgan fingerprint density at radius 2 is 1.87 bits per heavy atom. The normalized spacial score (nSPS) is 19.2. The van der Waals surface area contributed by atoms with E-state index in [9.17, 15) is 9.00 Å². The third-order valence-electron chi connectivity index (χ3n) is 4.06. The lowest BCUT2D eigenvalue weighted by Crippen LogP contribution is -2.40. The van der Waals surface area contributed by atoms with Crippen molar-refractivity contribution < 1.29 is 13.5 Å². The summed E-state index contributed by atoms with van der Waals surface area (Å²) >= 11 is 0. The molecule has 2 atom stereocenters. The highest BCUT2D eigenvalue weighted by molar-refractivity contribution is 7.85. The molecule has 0 aromatic carbocycles. The number of carbonyl (C=O) groups is 1. The lowest BCUT2D eigenvalue weighted by molar-refractivity contribution is -0.130. The monoisotopic (exact) mass is 341 g/mol. The molecule has 6 nitrogen and oxygen atoms in total. The van der Waals surface area contributed by atoms with Crippen LogP contribution < -0.4 is 0 Å². The first-order chi connectivity index (χ1) is 10.8. The molecule has 2 heterocycles. The minimum absolute atomic E-state index is 0.0270. The van der Waals surface area contributed by atoms with Crippen LogP contribution in [-0.4, -0.2) is 43.5 Å². The molecule has 1 aliphatic rings. The highest BCUT2D eigenvalue weighted by atomic mass is 32.2. The molecule has 0 N–H and O–H groups in total. The molecule has 7 heteroatoms. The lowest BCUT2D eigenvalue weighted by Gasteiger charge is -2.23. The molecule has 0 aliphatic carbocycles. The van der Waals surface area contributed by atoms with Crippen molar-refractivity contribution in [1.82, 2.24) is 15.0 Å². The highest BCUT2D eigenvalue weighted by Crippen LogP contribution is 2.19. The predicted molar refractivity (Wildman–Crippen MR) is 89.4 cm³/mol. The molecule has 23 heavy (non-hydrogen) atoms. The van der Waals surface area contributed by atoms with Crippen LogP contribution in [0.3, 0.4) is 0 Å². The number of aromatic nitrogens is 2. The van der Waals surface area contributed by atoms with Crippen LogP contribution in [0.1, 0.15) is 65.1 Å². The number of hydrogen-bond donors (Lipinski definition) is 0. The molecule has 1 aliphatic heterocycles. The van der Waals surface area contributed by atoms with Crippen molar-refractivity contribution in [1.29, 1.82) is 0 Å². The average Bonchev–Trinajstić information content (AvgIpc) is 2.80. The van der Waals surface area contributed by atoms with Gasteiger partial charge in [0.05, 0.1) is 0 Å². The van der Waals surface area contributed by atoms with Gasteiger partial charge in [0, 0.05) is 29.3 Å². The molecule has 0 bridgehead atoms. The van der Waals surface area contributed by atoms with Crippen molar-refractivity contribution >= 4 is 16.7 Å².